The maximum absolute atomic E-state index is 12.5. The van der Waals surface area contributed by atoms with Crippen LogP contribution in [0.25, 0.3) is 0 Å². The van der Waals surface area contributed by atoms with E-state index in [0.717, 1.165) is 0 Å². The van der Waals surface area contributed by atoms with Crippen molar-refractivity contribution in [1.29, 1.82) is 0 Å². The molecule has 0 atom stereocenters. The maximum atomic E-state index is 12.5. The van der Waals surface area contributed by atoms with E-state index >= 15 is 0 Å². The SMILES string of the molecule is C#CCCc1cc(C(F)(F)F)cc(C(F)(F)F)c1. The Labute approximate surface area is 99.6 Å². The molecule has 0 unspecified atom stereocenters. The summed E-state index contributed by atoms with van der Waals surface area (Å²) in [5.41, 5.74) is -2.70. The van der Waals surface area contributed by atoms with E-state index in [0.29, 0.717) is 12.1 Å². The Kier molecular flexibility index (Phi) is 3.95. The molecule has 0 aromatic heterocycles. The molecule has 1 rings (SSSR count). The van der Waals surface area contributed by atoms with Gasteiger partial charge in [0, 0.05) is 6.42 Å². The van der Waals surface area contributed by atoms with E-state index in [1.165, 1.54) is 0 Å². The van der Waals surface area contributed by atoms with Crippen molar-refractivity contribution in [3.63, 3.8) is 0 Å². The molecule has 6 heteroatoms. The molecular formula is C12H8F6. The fourth-order valence-electron chi connectivity index (χ4n) is 1.38. The molecule has 0 nitrogen and oxygen atoms in total. The summed E-state index contributed by atoms with van der Waals surface area (Å²) in [7, 11) is 0. The number of hydrogen-bond donors (Lipinski definition) is 0. The Morgan fingerprint density at radius 3 is 1.67 bits per heavy atom. The first-order valence-electron chi connectivity index (χ1n) is 4.86. The van der Waals surface area contributed by atoms with Crippen LogP contribution in [0.1, 0.15) is 23.1 Å². The Bertz CT molecular complexity index is 429. The quantitative estimate of drug-likeness (QED) is 0.553. The number of terminal acetylenes is 1. The van der Waals surface area contributed by atoms with Crippen LogP contribution in [0.15, 0.2) is 18.2 Å². The number of halogens is 6. The van der Waals surface area contributed by atoms with Gasteiger partial charge in [0.05, 0.1) is 11.1 Å². The lowest BCUT2D eigenvalue weighted by Crippen LogP contribution is -2.11. The third-order valence-electron chi connectivity index (χ3n) is 2.21. The van der Waals surface area contributed by atoms with E-state index in [1.807, 2.05) is 0 Å². The van der Waals surface area contributed by atoms with Crippen LogP contribution in [0, 0.1) is 12.3 Å². The minimum Gasteiger partial charge on any atom is -0.166 e. The van der Waals surface area contributed by atoms with Gasteiger partial charge in [-0.15, -0.1) is 12.3 Å². The Hall–Kier alpha value is -1.64. The Morgan fingerprint density at radius 2 is 1.33 bits per heavy atom. The lowest BCUT2D eigenvalue weighted by molar-refractivity contribution is -0.143. The van der Waals surface area contributed by atoms with E-state index in [2.05, 4.69) is 5.92 Å². The summed E-state index contributed by atoms with van der Waals surface area (Å²) in [5.74, 6) is 2.17. The number of aryl methyl sites for hydroxylation is 1. The minimum atomic E-state index is -4.81. The molecule has 0 bridgehead atoms. The summed E-state index contributed by atoms with van der Waals surface area (Å²) in [6.07, 6.45) is -4.64. The molecule has 0 fully saturated rings. The average molecular weight is 266 g/mol. The van der Waals surface area contributed by atoms with Crippen molar-refractivity contribution in [2.75, 3.05) is 0 Å². The maximum Gasteiger partial charge on any atom is 0.416 e. The van der Waals surface area contributed by atoms with Gasteiger partial charge in [0.25, 0.3) is 0 Å². The van der Waals surface area contributed by atoms with E-state index in [-0.39, 0.29) is 24.5 Å². The smallest absolute Gasteiger partial charge is 0.166 e. The number of benzene rings is 1. The molecular weight excluding hydrogens is 258 g/mol. The largest absolute Gasteiger partial charge is 0.416 e. The highest BCUT2D eigenvalue weighted by molar-refractivity contribution is 5.34. The summed E-state index contributed by atoms with van der Waals surface area (Å²) in [6, 6.07) is 1.47. The van der Waals surface area contributed by atoms with E-state index in [4.69, 9.17) is 6.42 Å². The van der Waals surface area contributed by atoms with E-state index in [1.54, 1.807) is 0 Å². The van der Waals surface area contributed by atoms with Crippen molar-refractivity contribution >= 4 is 0 Å². The number of alkyl halides is 6. The molecule has 0 saturated carbocycles. The summed E-state index contributed by atoms with van der Waals surface area (Å²) >= 11 is 0. The van der Waals surface area contributed by atoms with Crippen molar-refractivity contribution in [3.05, 3.63) is 34.9 Å². The van der Waals surface area contributed by atoms with Crippen molar-refractivity contribution in [1.82, 2.24) is 0 Å². The molecule has 0 saturated heterocycles. The van der Waals surface area contributed by atoms with Crippen molar-refractivity contribution in [2.45, 2.75) is 25.2 Å². The topological polar surface area (TPSA) is 0 Å². The van der Waals surface area contributed by atoms with Crippen LogP contribution in [0.4, 0.5) is 26.3 Å². The molecule has 0 aliphatic rings. The molecule has 1 aromatic carbocycles. The lowest BCUT2D eigenvalue weighted by atomic mass is 10.0. The molecule has 98 valence electrons. The summed E-state index contributed by atoms with van der Waals surface area (Å²) in [5, 5.41) is 0. The lowest BCUT2D eigenvalue weighted by Gasteiger charge is -2.13. The number of hydrogen-bond acceptors (Lipinski definition) is 0. The average Bonchev–Trinajstić information content (AvgIpc) is 2.23. The van der Waals surface area contributed by atoms with Gasteiger partial charge in [-0.05, 0) is 30.2 Å². The second kappa shape index (κ2) is 4.92. The normalized spacial score (nSPS) is 12.3. The second-order valence-electron chi connectivity index (χ2n) is 3.62. The van der Waals surface area contributed by atoms with Crippen LogP contribution in [-0.2, 0) is 18.8 Å². The predicted octanol–water partition coefficient (Wildman–Crippen LogP) is 4.29. The first kappa shape index (κ1) is 14.4. The van der Waals surface area contributed by atoms with Crippen LogP contribution < -0.4 is 0 Å². The summed E-state index contributed by atoms with van der Waals surface area (Å²) < 4.78 is 74.7. The fraction of sp³-hybridized carbons (Fsp3) is 0.333. The fourth-order valence-corrected chi connectivity index (χ4v) is 1.38. The van der Waals surface area contributed by atoms with Crippen LogP contribution in [0.2, 0.25) is 0 Å². The minimum absolute atomic E-state index is 0.0243. The first-order valence-corrected chi connectivity index (χ1v) is 4.86. The zero-order valence-electron chi connectivity index (χ0n) is 8.99. The zero-order chi connectivity index (χ0) is 14.0. The monoisotopic (exact) mass is 266 g/mol. The molecule has 0 amide bonds. The molecule has 0 aliphatic heterocycles. The van der Waals surface area contributed by atoms with Crippen LogP contribution in [0.3, 0.4) is 0 Å². The summed E-state index contributed by atoms with van der Waals surface area (Å²) in [6.45, 7) is 0. The van der Waals surface area contributed by atoms with Crippen molar-refractivity contribution < 1.29 is 26.3 Å². The van der Waals surface area contributed by atoms with E-state index in [9.17, 15) is 26.3 Å². The van der Waals surface area contributed by atoms with E-state index < -0.39 is 23.5 Å². The van der Waals surface area contributed by atoms with Crippen LogP contribution in [-0.4, -0.2) is 0 Å². The highest BCUT2D eigenvalue weighted by atomic mass is 19.4. The van der Waals surface area contributed by atoms with Crippen LogP contribution >= 0.6 is 0 Å². The Morgan fingerprint density at radius 1 is 0.889 bits per heavy atom. The standard InChI is InChI=1S/C12H8F6/c1-2-3-4-8-5-9(11(13,14)15)7-10(6-8)12(16,17)18/h1,5-7H,3-4H2. The third kappa shape index (κ3) is 3.69. The second-order valence-corrected chi connectivity index (χ2v) is 3.62. The van der Waals surface area contributed by atoms with Crippen LogP contribution in [0.5, 0.6) is 0 Å². The molecule has 0 spiro atoms. The van der Waals surface area contributed by atoms with Gasteiger partial charge in [-0.25, -0.2) is 0 Å². The molecule has 0 aliphatic carbocycles. The van der Waals surface area contributed by atoms with Crippen molar-refractivity contribution in [3.8, 4) is 12.3 Å². The van der Waals surface area contributed by atoms with Gasteiger partial charge >= 0.3 is 12.4 Å². The molecule has 18 heavy (non-hydrogen) atoms. The van der Waals surface area contributed by atoms with Gasteiger partial charge < -0.3 is 0 Å². The van der Waals surface area contributed by atoms with Gasteiger partial charge in [0.1, 0.15) is 0 Å². The van der Waals surface area contributed by atoms with Gasteiger partial charge in [-0.3, -0.25) is 0 Å². The highest BCUT2D eigenvalue weighted by Gasteiger charge is 2.36. The van der Waals surface area contributed by atoms with Gasteiger partial charge in [-0.1, -0.05) is 0 Å². The third-order valence-corrected chi connectivity index (χ3v) is 2.21. The summed E-state index contributed by atoms with van der Waals surface area (Å²) in [4.78, 5) is 0. The van der Waals surface area contributed by atoms with Crippen molar-refractivity contribution in [2.24, 2.45) is 0 Å². The van der Waals surface area contributed by atoms with Gasteiger partial charge in [0.2, 0.25) is 0 Å². The predicted molar refractivity (Wildman–Crippen MR) is 53.6 cm³/mol. The molecule has 0 N–H and O–H groups in total. The van der Waals surface area contributed by atoms with Gasteiger partial charge in [-0.2, -0.15) is 26.3 Å². The molecule has 1 aromatic rings. The zero-order valence-corrected chi connectivity index (χ0v) is 8.99. The molecule has 0 heterocycles. The molecule has 0 radical (unpaired) electrons. The first-order chi connectivity index (χ1) is 8.14. The number of rotatable bonds is 2. The van der Waals surface area contributed by atoms with Gasteiger partial charge in [0.15, 0.2) is 0 Å². The Balaban J connectivity index is 3.26. The highest BCUT2D eigenvalue weighted by Crippen LogP contribution is 2.36.